The number of benzene rings is 1. The lowest BCUT2D eigenvalue weighted by Crippen LogP contribution is -2.31. The summed E-state index contributed by atoms with van der Waals surface area (Å²) in [6, 6.07) is 9.25. The summed E-state index contributed by atoms with van der Waals surface area (Å²) in [5.41, 5.74) is 0.947. The van der Waals surface area contributed by atoms with Crippen LogP contribution in [0.2, 0.25) is 5.02 Å². The summed E-state index contributed by atoms with van der Waals surface area (Å²) in [4.78, 5) is 11.6. The van der Waals surface area contributed by atoms with E-state index in [1.54, 1.807) is 6.07 Å². The van der Waals surface area contributed by atoms with Crippen molar-refractivity contribution in [2.45, 2.75) is 26.4 Å². The number of halogens is 1. The number of rotatable bonds is 5. The molecule has 0 spiro atoms. The standard InChI is InChI=1S/C14H16ClN3O/c1-10(2)18-14(19)12(7-16)9-17-8-11-5-3-4-6-13(11)15/h3-6,9-10,17H,8H2,1-2H3,(H,18,19)/b12-9-. The van der Waals surface area contributed by atoms with Crippen molar-refractivity contribution in [2.75, 3.05) is 0 Å². The highest BCUT2D eigenvalue weighted by molar-refractivity contribution is 6.31. The van der Waals surface area contributed by atoms with Crippen molar-refractivity contribution in [3.8, 4) is 6.07 Å². The fraction of sp³-hybridized carbons (Fsp3) is 0.286. The summed E-state index contributed by atoms with van der Waals surface area (Å²) in [5.74, 6) is -0.385. The molecule has 4 nitrogen and oxygen atoms in total. The Labute approximate surface area is 118 Å². The summed E-state index contributed by atoms with van der Waals surface area (Å²) in [6.07, 6.45) is 1.40. The average molecular weight is 278 g/mol. The lowest BCUT2D eigenvalue weighted by Gasteiger charge is -2.08. The maximum atomic E-state index is 11.6. The van der Waals surface area contributed by atoms with Crippen LogP contribution in [0.25, 0.3) is 0 Å². The van der Waals surface area contributed by atoms with E-state index >= 15 is 0 Å². The van der Waals surface area contributed by atoms with E-state index < -0.39 is 0 Å². The smallest absolute Gasteiger partial charge is 0.263 e. The second kappa shape index (κ2) is 7.45. The van der Waals surface area contributed by atoms with Gasteiger partial charge < -0.3 is 10.6 Å². The zero-order valence-corrected chi connectivity index (χ0v) is 11.7. The minimum atomic E-state index is -0.385. The van der Waals surface area contributed by atoms with E-state index in [9.17, 15) is 4.79 Å². The zero-order valence-electron chi connectivity index (χ0n) is 10.9. The molecule has 0 aliphatic heterocycles. The first-order chi connectivity index (χ1) is 9.04. The summed E-state index contributed by atoms with van der Waals surface area (Å²) < 4.78 is 0. The molecule has 0 fully saturated rings. The Morgan fingerprint density at radius 3 is 2.74 bits per heavy atom. The van der Waals surface area contributed by atoms with Crippen LogP contribution in [0.4, 0.5) is 0 Å². The fourth-order valence-corrected chi connectivity index (χ4v) is 1.60. The van der Waals surface area contributed by atoms with E-state index in [4.69, 9.17) is 16.9 Å². The van der Waals surface area contributed by atoms with E-state index in [0.717, 1.165) is 5.56 Å². The number of carbonyl (C=O) groups is 1. The SMILES string of the molecule is CC(C)NC(=O)/C(C#N)=C\NCc1ccccc1Cl. The average Bonchev–Trinajstić information content (AvgIpc) is 2.35. The number of hydrogen-bond donors (Lipinski definition) is 2. The van der Waals surface area contributed by atoms with Crippen molar-refractivity contribution >= 4 is 17.5 Å². The van der Waals surface area contributed by atoms with Crippen LogP contribution in [0.5, 0.6) is 0 Å². The Hall–Kier alpha value is -1.99. The van der Waals surface area contributed by atoms with Gasteiger partial charge in [0, 0.05) is 23.8 Å². The van der Waals surface area contributed by atoms with Crippen molar-refractivity contribution in [1.82, 2.24) is 10.6 Å². The highest BCUT2D eigenvalue weighted by Gasteiger charge is 2.09. The van der Waals surface area contributed by atoms with Gasteiger partial charge >= 0.3 is 0 Å². The number of nitrogens with one attached hydrogen (secondary N) is 2. The third-order valence-corrected chi connectivity index (χ3v) is 2.65. The molecule has 0 heterocycles. The fourth-order valence-electron chi connectivity index (χ4n) is 1.39. The number of amides is 1. The van der Waals surface area contributed by atoms with Crippen LogP contribution in [0, 0.1) is 11.3 Å². The lowest BCUT2D eigenvalue weighted by atomic mass is 10.2. The van der Waals surface area contributed by atoms with Crippen LogP contribution in [0.3, 0.4) is 0 Å². The maximum Gasteiger partial charge on any atom is 0.263 e. The van der Waals surface area contributed by atoms with E-state index in [0.29, 0.717) is 11.6 Å². The molecule has 1 aromatic rings. The van der Waals surface area contributed by atoms with Gasteiger partial charge in [-0.2, -0.15) is 5.26 Å². The lowest BCUT2D eigenvalue weighted by molar-refractivity contribution is -0.117. The molecular formula is C14H16ClN3O. The van der Waals surface area contributed by atoms with Gasteiger partial charge in [-0.05, 0) is 25.5 Å². The van der Waals surface area contributed by atoms with Crippen LogP contribution in [0.15, 0.2) is 36.0 Å². The van der Waals surface area contributed by atoms with Gasteiger partial charge in [-0.3, -0.25) is 4.79 Å². The topological polar surface area (TPSA) is 64.9 Å². The third-order valence-electron chi connectivity index (χ3n) is 2.28. The largest absolute Gasteiger partial charge is 0.386 e. The highest BCUT2D eigenvalue weighted by atomic mass is 35.5. The highest BCUT2D eigenvalue weighted by Crippen LogP contribution is 2.14. The van der Waals surface area contributed by atoms with Crippen molar-refractivity contribution in [3.05, 3.63) is 46.6 Å². The summed E-state index contributed by atoms with van der Waals surface area (Å²) in [6.45, 7) is 4.13. The first kappa shape index (κ1) is 15.1. The van der Waals surface area contributed by atoms with E-state index in [2.05, 4.69) is 10.6 Å². The Morgan fingerprint density at radius 1 is 1.47 bits per heavy atom. The Morgan fingerprint density at radius 2 is 2.16 bits per heavy atom. The van der Waals surface area contributed by atoms with E-state index in [1.165, 1.54) is 6.20 Å². The predicted molar refractivity (Wildman–Crippen MR) is 75.3 cm³/mol. The maximum absolute atomic E-state index is 11.6. The van der Waals surface area contributed by atoms with Gasteiger partial charge in [0.2, 0.25) is 0 Å². The Kier molecular flexibility index (Phi) is 5.91. The molecule has 0 aromatic heterocycles. The molecular weight excluding hydrogens is 262 g/mol. The second-order valence-corrected chi connectivity index (χ2v) is 4.68. The van der Waals surface area contributed by atoms with E-state index in [1.807, 2.05) is 38.1 Å². The first-order valence-corrected chi connectivity index (χ1v) is 6.30. The van der Waals surface area contributed by atoms with Gasteiger partial charge in [-0.25, -0.2) is 0 Å². The number of hydrogen-bond acceptors (Lipinski definition) is 3. The minimum absolute atomic E-state index is 0.00665. The van der Waals surface area contributed by atoms with Gasteiger partial charge in [-0.15, -0.1) is 0 Å². The summed E-state index contributed by atoms with van der Waals surface area (Å²) >= 11 is 6.00. The minimum Gasteiger partial charge on any atom is -0.386 e. The van der Waals surface area contributed by atoms with Crippen LogP contribution in [-0.4, -0.2) is 11.9 Å². The number of nitriles is 1. The van der Waals surface area contributed by atoms with Gasteiger partial charge in [0.05, 0.1) is 0 Å². The summed E-state index contributed by atoms with van der Waals surface area (Å²) in [7, 11) is 0. The third kappa shape index (κ3) is 5.02. The quantitative estimate of drug-likeness (QED) is 0.641. The molecule has 19 heavy (non-hydrogen) atoms. The molecule has 0 atom stereocenters. The Balaban J connectivity index is 2.62. The molecule has 0 unspecified atom stereocenters. The zero-order chi connectivity index (χ0) is 14.3. The van der Waals surface area contributed by atoms with Crippen molar-refractivity contribution in [2.24, 2.45) is 0 Å². The van der Waals surface area contributed by atoms with E-state index in [-0.39, 0.29) is 17.5 Å². The van der Waals surface area contributed by atoms with Gasteiger partial charge in [-0.1, -0.05) is 29.8 Å². The van der Waals surface area contributed by atoms with Crippen LogP contribution < -0.4 is 10.6 Å². The van der Waals surface area contributed by atoms with Crippen LogP contribution in [0.1, 0.15) is 19.4 Å². The molecule has 0 aliphatic carbocycles. The molecule has 0 bridgehead atoms. The van der Waals surface area contributed by atoms with Crippen LogP contribution in [-0.2, 0) is 11.3 Å². The molecule has 5 heteroatoms. The molecule has 1 amide bonds. The van der Waals surface area contributed by atoms with Gasteiger partial charge in [0.25, 0.3) is 5.91 Å². The molecule has 0 aliphatic rings. The molecule has 2 N–H and O–H groups in total. The molecule has 0 radical (unpaired) electrons. The van der Waals surface area contributed by atoms with Gasteiger partial charge in [0.1, 0.15) is 11.6 Å². The Bertz CT molecular complexity index is 518. The predicted octanol–water partition coefficient (Wildman–Crippen LogP) is 2.36. The number of carbonyl (C=O) groups excluding carboxylic acids is 1. The molecule has 100 valence electrons. The monoisotopic (exact) mass is 277 g/mol. The van der Waals surface area contributed by atoms with Crippen molar-refractivity contribution < 1.29 is 4.79 Å². The molecule has 1 rings (SSSR count). The molecule has 1 aromatic carbocycles. The summed E-state index contributed by atoms with van der Waals surface area (Å²) in [5, 5.41) is 15.1. The number of nitrogens with zero attached hydrogens (tertiary/aromatic N) is 1. The van der Waals surface area contributed by atoms with Crippen LogP contribution >= 0.6 is 11.6 Å². The normalized spacial score (nSPS) is 11.0. The van der Waals surface area contributed by atoms with Gasteiger partial charge in [0.15, 0.2) is 0 Å². The first-order valence-electron chi connectivity index (χ1n) is 5.92. The molecule has 0 saturated carbocycles. The second-order valence-electron chi connectivity index (χ2n) is 4.27. The molecule has 0 saturated heterocycles. The van der Waals surface area contributed by atoms with Crippen molar-refractivity contribution in [3.63, 3.8) is 0 Å². The van der Waals surface area contributed by atoms with Crippen molar-refractivity contribution in [1.29, 1.82) is 5.26 Å².